The van der Waals surface area contributed by atoms with Gasteiger partial charge in [-0.15, -0.1) is 0 Å². The number of rotatable bonds is 10. The summed E-state index contributed by atoms with van der Waals surface area (Å²) in [5.74, 6) is -0.126. The van der Waals surface area contributed by atoms with Crippen molar-refractivity contribution in [2.45, 2.75) is 32.4 Å². The van der Waals surface area contributed by atoms with Crippen LogP contribution in [0.1, 0.15) is 31.1 Å². The third kappa shape index (κ3) is 7.29. The first-order valence-corrected chi connectivity index (χ1v) is 11.0. The molecular formula is C21H26Br2N2O4. The van der Waals surface area contributed by atoms with Crippen LogP contribution in [0.25, 0.3) is 0 Å². The number of carbonyl (C=O) groups excluding carboxylic acids is 1. The normalized spacial score (nSPS) is 13.0. The number of aliphatic hydroxyl groups is 1. The second-order valence-corrected chi connectivity index (χ2v) is 8.33. The molecule has 158 valence electrons. The predicted molar refractivity (Wildman–Crippen MR) is 121 cm³/mol. The molecule has 29 heavy (non-hydrogen) atoms. The highest BCUT2D eigenvalue weighted by Crippen LogP contribution is 2.32. The number of carbonyl (C=O) groups is 1. The second-order valence-electron chi connectivity index (χ2n) is 6.62. The maximum Gasteiger partial charge on any atom is 0.325 e. The Hall–Kier alpha value is -1.61. The molecule has 0 fully saturated rings. The van der Waals surface area contributed by atoms with E-state index >= 15 is 0 Å². The third-order valence-corrected chi connectivity index (χ3v) is 5.66. The molecule has 0 radical (unpaired) electrons. The third-order valence-electron chi connectivity index (χ3n) is 4.40. The van der Waals surface area contributed by atoms with Crippen LogP contribution >= 0.6 is 31.9 Å². The van der Waals surface area contributed by atoms with Gasteiger partial charge in [0.15, 0.2) is 0 Å². The summed E-state index contributed by atoms with van der Waals surface area (Å²) >= 11 is 7.08. The minimum absolute atomic E-state index is 0.0958. The van der Waals surface area contributed by atoms with Crippen molar-refractivity contribution in [3.05, 3.63) is 56.5 Å². The van der Waals surface area contributed by atoms with E-state index in [1.54, 1.807) is 31.2 Å². The summed E-state index contributed by atoms with van der Waals surface area (Å²) in [5, 5.41) is 26.2. The van der Waals surface area contributed by atoms with Gasteiger partial charge in [0.1, 0.15) is 12.3 Å². The van der Waals surface area contributed by atoms with E-state index in [1.165, 1.54) is 0 Å². The molecule has 2 rings (SSSR count). The van der Waals surface area contributed by atoms with Crippen LogP contribution in [0, 0.1) is 0 Å². The lowest BCUT2D eigenvalue weighted by atomic mass is 10.0. The number of benzene rings is 2. The molecule has 2 atom stereocenters. The molecule has 0 saturated heterocycles. The van der Waals surface area contributed by atoms with E-state index in [-0.39, 0.29) is 24.3 Å². The highest BCUT2D eigenvalue weighted by atomic mass is 79.9. The number of halogens is 2. The van der Waals surface area contributed by atoms with E-state index < -0.39 is 6.10 Å². The molecule has 0 heterocycles. The quantitative estimate of drug-likeness (QED) is 0.346. The standard InChI is InChI=1S/C21H26Br2N2O4/c1-3-29-19(27)12-25-20-17(22)10-14(11-18(20)23)8-9-24-13(2)21(28)15-4-6-16(26)7-5-15/h4-7,10-11,13,21,24-26,28H,3,8-9,12H2,1-2H3/t13-,21-/m0/s1. The van der Waals surface area contributed by atoms with Crippen LogP contribution in [-0.4, -0.2) is 41.9 Å². The fourth-order valence-electron chi connectivity index (χ4n) is 2.83. The number of hydrogen-bond donors (Lipinski definition) is 4. The number of ether oxygens (including phenoxy) is 1. The zero-order valence-electron chi connectivity index (χ0n) is 16.4. The van der Waals surface area contributed by atoms with E-state index in [9.17, 15) is 15.0 Å². The first-order chi connectivity index (χ1) is 13.8. The van der Waals surface area contributed by atoms with Crippen molar-refractivity contribution in [3.8, 4) is 5.75 Å². The van der Waals surface area contributed by atoms with Crippen molar-refractivity contribution in [1.82, 2.24) is 5.32 Å². The van der Waals surface area contributed by atoms with E-state index in [0.717, 1.165) is 32.2 Å². The molecule has 0 spiro atoms. The van der Waals surface area contributed by atoms with Gasteiger partial charge in [0.2, 0.25) is 0 Å². The lowest BCUT2D eigenvalue weighted by Gasteiger charge is -2.21. The van der Waals surface area contributed by atoms with Crippen LogP contribution < -0.4 is 10.6 Å². The highest BCUT2D eigenvalue weighted by molar-refractivity contribution is 9.11. The lowest BCUT2D eigenvalue weighted by molar-refractivity contribution is -0.140. The summed E-state index contributed by atoms with van der Waals surface area (Å²) in [5.41, 5.74) is 2.65. The van der Waals surface area contributed by atoms with Gasteiger partial charge < -0.3 is 25.6 Å². The fourth-order valence-corrected chi connectivity index (χ4v) is 4.39. The van der Waals surface area contributed by atoms with Crippen molar-refractivity contribution in [3.63, 3.8) is 0 Å². The minimum Gasteiger partial charge on any atom is -0.508 e. The molecule has 0 aliphatic heterocycles. The summed E-state index contributed by atoms with van der Waals surface area (Å²) in [6.07, 6.45) is 0.102. The van der Waals surface area contributed by atoms with Gasteiger partial charge in [-0.25, -0.2) is 0 Å². The summed E-state index contributed by atoms with van der Waals surface area (Å²) in [7, 11) is 0. The number of hydrogen-bond acceptors (Lipinski definition) is 6. The van der Waals surface area contributed by atoms with E-state index in [0.29, 0.717) is 13.2 Å². The Kier molecular flexibility index (Phi) is 9.42. The van der Waals surface area contributed by atoms with Crippen LogP contribution in [0.2, 0.25) is 0 Å². The molecule has 4 N–H and O–H groups in total. The van der Waals surface area contributed by atoms with Crippen molar-refractivity contribution < 1.29 is 19.7 Å². The molecule has 0 aliphatic carbocycles. The molecule has 8 heteroatoms. The van der Waals surface area contributed by atoms with Gasteiger partial charge in [-0.05, 0) is 94.1 Å². The van der Waals surface area contributed by atoms with Crippen molar-refractivity contribution >= 4 is 43.5 Å². The van der Waals surface area contributed by atoms with E-state index in [4.69, 9.17) is 4.74 Å². The Morgan fingerprint density at radius 3 is 2.38 bits per heavy atom. The SMILES string of the molecule is CCOC(=O)CNc1c(Br)cc(CCN[C@@H](C)[C@H](O)c2ccc(O)cc2)cc1Br. The van der Waals surface area contributed by atoms with Crippen LogP contribution in [0.15, 0.2) is 45.3 Å². The molecular weight excluding hydrogens is 504 g/mol. The molecule has 0 bridgehead atoms. The molecule has 2 aromatic carbocycles. The maximum atomic E-state index is 11.5. The number of aliphatic hydroxyl groups excluding tert-OH is 1. The predicted octanol–water partition coefficient (Wildman–Crippen LogP) is 4.15. The number of nitrogens with one attached hydrogen (secondary N) is 2. The summed E-state index contributed by atoms with van der Waals surface area (Å²) in [6.45, 7) is 4.83. The Labute approximate surface area is 187 Å². The van der Waals surface area contributed by atoms with Gasteiger partial charge >= 0.3 is 5.97 Å². The number of esters is 1. The van der Waals surface area contributed by atoms with Gasteiger partial charge in [0, 0.05) is 15.0 Å². The van der Waals surface area contributed by atoms with Crippen LogP contribution in [0.5, 0.6) is 5.75 Å². The number of aromatic hydroxyl groups is 1. The van der Waals surface area contributed by atoms with Gasteiger partial charge in [0.05, 0.1) is 18.4 Å². The second kappa shape index (κ2) is 11.5. The Balaban J connectivity index is 1.88. The topological polar surface area (TPSA) is 90.8 Å². The fraction of sp³-hybridized carbons (Fsp3) is 0.381. The van der Waals surface area contributed by atoms with Crippen molar-refractivity contribution in [2.75, 3.05) is 25.0 Å². The van der Waals surface area contributed by atoms with Gasteiger partial charge in [-0.2, -0.15) is 0 Å². The first-order valence-electron chi connectivity index (χ1n) is 9.39. The van der Waals surface area contributed by atoms with Gasteiger partial charge in [0.25, 0.3) is 0 Å². The zero-order valence-corrected chi connectivity index (χ0v) is 19.6. The molecule has 2 aromatic rings. The molecule has 0 aromatic heterocycles. The average Bonchev–Trinajstić information content (AvgIpc) is 2.67. The number of anilines is 1. The summed E-state index contributed by atoms with van der Waals surface area (Å²) < 4.78 is 6.63. The Morgan fingerprint density at radius 1 is 1.17 bits per heavy atom. The monoisotopic (exact) mass is 528 g/mol. The van der Waals surface area contributed by atoms with Crippen molar-refractivity contribution in [2.24, 2.45) is 0 Å². The lowest BCUT2D eigenvalue weighted by Crippen LogP contribution is -2.33. The molecule has 0 saturated carbocycles. The Morgan fingerprint density at radius 2 is 1.79 bits per heavy atom. The zero-order chi connectivity index (χ0) is 21.4. The number of phenols is 1. The molecule has 6 nitrogen and oxygen atoms in total. The van der Waals surface area contributed by atoms with Crippen LogP contribution in [0.4, 0.5) is 5.69 Å². The summed E-state index contributed by atoms with van der Waals surface area (Å²) in [4.78, 5) is 11.5. The Bertz CT molecular complexity index is 792. The molecule has 0 unspecified atom stereocenters. The average molecular weight is 530 g/mol. The highest BCUT2D eigenvalue weighted by Gasteiger charge is 2.16. The van der Waals surface area contributed by atoms with Crippen LogP contribution in [0.3, 0.4) is 0 Å². The number of phenolic OH excluding ortho intramolecular Hbond substituents is 1. The molecule has 0 aliphatic rings. The van der Waals surface area contributed by atoms with E-state index in [1.807, 2.05) is 19.1 Å². The van der Waals surface area contributed by atoms with Crippen LogP contribution in [-0.2, 0) is 16.0 Å². The van der Waals surface area contributed by atoms with Crippen molar-refractivity contribution in [1.29, 1.82) is 0 Å². The van der Waals surface area contributed by atoms with Gasteiger partial charge in [-0.1, -0.05) is 12.1 Å². The summed E-state index contributed by atoms with van der Waals surface area (Å²) in [6, 6.07) is 10.4. The largest absolute Gasteiger partial charge is 0.508 e. The maximum absolute atomic E-state index is 11.5. The van der Waals surface area contributed by atoms with Gasteiger partial charge in [-0.3, -0.25) is 4.79 Å². The van der Waals surface area contributed by atoms with E-state index in [2.05, 4.69) is 42.5 Å². The first kappa shape index (κ1) is 23.7. The molecule has 0 amide bonds. The smallest absolute Gasteiger partial charge is 0.325 e. The minimum atomic E-state index is -0.663.